The average Bonchev–Trinajstić information content (AvgIpc) is 2.94. The Morgan fingerprint density at radius 2 is 1.82 bits per heavy atom. The van der Waals surface area contributed by atoms with Crippen molar-refractivity contribution in [3.05, 3.63) is 52.6 Å². The van der Waals surface area contributed by atoms with Gasteiger partial charge in [-0.3, -0.25) is 0 Å². The van der Waals surface area contributed by atoms with Crippen molar-refractivity contribution >= 4 is 26.7 Å². The van der Waals surface area contributed by atoms with Gasteiger partial charge in [0.2, 0.25) is 0 Å². The number of aromatic nitrogens is 2. The van der Waals surface area contributed by atoms with E-state index in [9.17, 15) is 0 Å². The number of ether oxygens (including phenoxy) is 1. The zero-order chi connectivity index (χ0) is 15.7. The fraction of sp³-hybridized carbons (Fsp3) is 0.294. The number of rotatable bonds is 3. The molecule has 22 heavy (non-hydrogen) atoms. The molecule has 4 nitrogen and oxygen atoms in total. The first-order valence-electron chi connectivity index (χ1n) is 7.07. The molecule has 0 radical (unpaired) electrons. The highest BCUT2D eigenvalue weighted by atomic mass is 79.9. The molecule has 0 aliphatic heterocycles. The van der Waals surface area contributed by atoms with E-state index < -0.39 is 0 Å². The zero-order valence-electron chi connectivity index (χ0n) is 12.8. The van der Waals surface area contributed by atoms with E-state index in [-0.39, 0.29) is 12.0 Å². The third-order valence-corrected chi connectivity index (χ3v) is 3.77. The lowest BCUT2D eigenvalue weighted by Gasteiger charge is -2.10. The van der Waals surface area contributed by atoms with Crippen LogP contribution < -0.4 is 4.74 Å². The quantitative estimate of drug-likeness (QED) is 0.668. The van der Waals surface area contributed by atoms with Gasteiger partial charge < -0.3 is 9.26 Å². The van der Waals surface area contributed by atoms with Gasteiger partial charge in [0.15, 0.2) is 12.4 Å². The molecule has 3 aromatic rings. The monoisotopic (exact) mass is 360 g/mol. The van der Waals surface area contributed by atoms with Crippen molar-refractivity contribution in [1.29, 1.82) is 0 Å². The molecule has 0 N–H and O–H groups in total. The minimum Gasteiger partial charge on any atom is -0.484 e. The van der Waals surface area contributed by atoms with Gasteiger partial charge >= 0.3 is 0 Å². The Morgan fingerprint density at radius 1 is 1.09 bits per heavy atom. The van der Waals surface area contributed by atoms with Crippen molar-refractivity contribution in [1.82, 2.24) is 10.1 Å². The van der Waals surface area contributed by atoms with Crippen LogP contribution in [0.4, 0.5) is 0 Å². The summed E-state index contributed by atoms with van der Waals surface area (Å²) in [6, 6.07) is 12.1. The molecule has 0 fully saturated rings. The van der Waals surface area contributed by atoms with Crippen LogP contribution in [0.25, 0.3) is 10.8 Å². The minimum absolute atomic E-state index is 0.127. The summed E-state index contributed by atoms with van der Waals surface area (Å²) in [5, 5.41) is 6.28. The molecular weight excluding hydrogens is 344 g/mol. The molecule has 1 heterocycles. The predicted molar refractivity (Wildman–Crippen MR) is 89.0 cm³/mol. The first kappa shape index (κ1) is 15.0. The summed E-state index contributed by atoms with van der Waals surface area (Å²) in [7, 11) is 0. The third kappa shape index (κ3) is 3.30. The molecule has 0 unspecified atom stereocenters. The Kier molecular flexibility index (Phi) is 3.91. The van der Waals surface area contributed by atoms with E-state index in [2.05, 4.69) is 38.2 Å². The highest BCUT2D eigenvalue weighted by Gasteiger charge is 2.21. The summed E-state index contributed by atoms with van der Waals surface area (Å²) in [6.07, 6.45) is 0. The van der Waals surface area contributed by atoms with Crippen LogP contribution in [0.2, 0.25) is 0 Å². The number of halogens is 1. The number of fused-ring (bicyclic) bond motifs is 1. The normalized spacial score (nSPS) is 11.8. The number of hydrogen-bond donors (Lipinski definition) is 0. The second-order valence-corrected chi connectivity index (χ2v) is 7.12. The van der Waals surface area contributed by atoms with E-state index in [1.165, 1.54) is 0 Å². The fourth-order valence-corrected chi connectivity index (χ4v) is 2.43. The summed E-state index contributed by atoms with van der Waals surface area (Å²) in [4.78, 5) is 4.36. The van der Waals surface area contributed by atoms with Crippen LogP contribution in [-0.4, -0.2) is 10.1 Å². The maximum atomic E-state index is 5.75. The van der Waals surface area contributed by atoms with Crippen molar-refractivity contribution in [2.75, 3.05) is 0 Å². The van der Waals surface area contributed by atoms with Crippen molar-refractivity contribution < 1.29 is 9.26 Å². The van der Waals surface area contributed by atoms with Gasteiger partial charge in [-0.2, -0.15) is 4.98 Å². The molecule has 0 aliphatic carbocycles. The molecule has 0 saturated carbocycles. The van der Waals surface area contributed by atoms with Crippen molar-refractivity contribution in [2.24, 2.45) is 0 Å². The second-order valence-electron chi connectivity index (χ2n) is 6.20. The van der Waals surface area contributed by atoms with Gasteiger partial charge in [-0.25, -0.2) is 0 Å². The van der Waals surface area contributed by atoms with E-state index in [4.69, 9.17) is 9.26 Å². The van der Waals surface area contributed by atoms with E-state index in [0.717, 1.165) is 21.0 Å². The SMILES string of the molecule is CC(C)(C)c1noc(COc2ccc3cc(Br)ccc3c2)n1. The molecule has 1 aromatic heterocycles. The second kappa shape index (κ2) is 5.72. The molecule has 0 bridgehead atoms. The minimum atomic E-state index is -0.127. The lowest BCUT2D eigenvalue weighted by atomic mass is 9.96. The lowest BCUT2D eigenvalue weighted by molar-refractivity contribution is 0.242. The Morgan fingerprint density at radius 3 is 2.55 bits per heavy atom. The first-order chi connectivity index (χ1) is 10.4. The van der Waals surface area contributed by atoms with E-state index in [1.807, 2.05) is 45.0 Å². The topological polar surface area (TPSA) is 48.2 Å². The summed E-state index contributed by atoms with van der Waals surface area (Å²) in [5.41, 5.74) is -0.127. The van der Waals surface area contributed by atoms with E-state index in [0.29, 0.717) is 11.7 Å². The Balaban J connectivity index is 1.73. The maximum absolute atomic E-state index is 5.75. The maximum Gasteiger partial charge on any atom is 0.264 e. The standard InChI is InChI=1S/C17H17BrN2O2/c1-17(2,3)16-19-15(22-20-16)10-21-14-7-5-11-8-13(18)6-4-12(11)9-14/h4-9H,10H2,1-3H3. The van der Waals surface area contributed by atoms with Gasteiger partial charge in [-0.15, -0.1) is 0 Å². The Bertz CT molecular complexity index is 806. The molecule has 0 amide bonds. The molecule has 0 spiro atoms. The van der Waals surface area contributed by atoms with Crippen LogP contribution in [0.1, 0.15) is 32.5 Å². The van der Waals surface area contributed by atoms with Gasteiger partial charge in [-0.05, 0) is 35.0 Å². The summed E-state index contributed by atoms with van der Waals surface area (Å²) < 4.78 is 12.0. The smallest absolute Gasteiger partial charge is 0.264 e. The molecular formula is C17H17BrN2O2. The van der Waals surface area contributed by atoms with Crippen LogP contribution in [0.3, 0.4) is 0 Å². The van der Waals surface area contributed by atoms with Gasteiger partial charge in [0, 0.05) is 9.89 Å². The summed E-state index contributed by atoms with van der Waals surface area (Å²) in [5.74, 6) is 1.96. The van der Waals surface area contributed by atoms with E-state index >= 15 is 0 Å². The number of hydrogen-bond acceptors (Lipinski definition) is 4. The van der Waals surface area contributed by atoms with Gasteiger partial charge in [0.25, 0.3) is 5.89 Å². The average molecular weight is 361 g/mol. The summed E-state index contributed by atoms with van der Waals surface area (Å²) in [6.45, 7) is 6.41. The van der Waals surface area contributed by atoms with Gasteiger partial charge in [0.05, 0.1) is 0 Å². The zero-order valence-corrected chi connectivity index (χ0v) is 14.3. The predicted octanol–water partition coefficient (Wildman–Crippen LogP) is 4.86. The number of nitrogens with zero attached hydrogens (tertiary/aromatic N) is 2. The number of benzene rings is 2. The van der Waals surface area contributed by atoms with Crippen LogP contribution in [0.15, 0.2) is 45.4 Å². The molecule has 0 saturated heterocycles. The van der Waals surface area contributed by atoms with Crippen molar-refractivity contribution in [3.63, 3.8) is 0 Å². The Hall–Kier alpha value is -1.88. The molecule has 3 rings (SSSR count). The molecule has 0 atom stereocenters. The Labute approximate surface area is 137 Å². The van der Waals surface area contributed by atoms with Crippen LogP contribution >= 0.6 is 15.9 Å². The van der Waals surface area contributed by atoms with Crippen molar-refractivity contribution in [2.45, 2.75) is 32.8 Å². The molecule has 0 aliphatic rings. The first-order valence-corrected chi connectivity index (χ1v) is 7.86. The van der Waals surface area contributed by atoms with E-state index in [1.54, 1.807) is 0 Å². The largest absolute Gasteiger partial charge is 0.484 e. The molecule has 2 aromatic carbocycles. The van der Waals surface area contributed by atoms with Crippen LogP contribution in [0, 0.1) is 0 Å². The lowest BCUT2D eigenvalue weighted by Crippen LogP contribution is -2.13. The van der Waals surface area contributed by atoms with Gasteiger partial charge in [-0.1, -0.05) is 54.0 Å². The third-order valence-electron chi connectivity index (χ3n) is 3.27. The van der Waals surface area contributed by atoms with Gasteiger partial charge in [0.1, 0.15) is 5.75 Å². The summed E-state index contributed by atoms with van der Waals surface area (Å²) >= 11 is 3.47. The van der Waals surface area contributed by atoms with Crippen LogP contribution in [-0.2, 0) is 12.0 Å². The van der Waals surface area contributed by atoms with Crippen LogP contribution in [0.5, 0.6) is 5.75 Å². The van der Waals surface area contributed by atoms with Crippen molar-refractivity contribution in [3.8, 4) is 5.75 Å². The fourth-order valence-electron chi connectivity index (χ4n) is 2.05. The highest BCUT2D eigenvalue weighted by Crippen LogP contribution is 2.25. The molecule has 5 heteroatoms. The molecule has 114 valence electrons. The highest BCUT2D eigenvalue weighted by molar-refractivity contribution is 9.10.